The SMILES string of the molecule is O=C(CN1C(=O)c2ccccc2C1=O)OCCCBr. The van der Waals surface area contributed by atoms with Crippen LogP contribution in [0.2, 0.25) is 0 Å². The number of imide groups is 1. The van der Waals surface area contributed by atoms with E-state index in [1.807, 2.05) is 0 Å². The second kappa shape index (κ2) is 5.97. The molecule has 0 aromatic heterocycles. The van der Waals surface area contributed by atoms with E-state index in [-0.39, 0.29) is 13.2 Å². The summed E-state index contributed by atoms with van der Waals surface area (Å²) in [6, 6.07) is 6.52. The first kappa shape index (κ1) is 13.7. The van der Waals surface area contributed by atoms with Crippen LogP contribution in [0.3, 0.4) is 0 Å². The Bertz CT molecular complexity index is 494. The first-order valence-corrected chi connectivity index (χ1v) is 6.94. The average Bonchev–Trinajstić information content (AvgIpc) is 2.65. The van der Waals surface area contributed by atoms with Gasteiger partial charge < -0.3 is 4.74 Å². The molecule has 0 radical (unpaired) electrons. The molecule has 2 rings (SSSR count). The number of hydrogen-bond donors (Lipinski definition) is 0. The third kappa shape index (κ3) is 2.84. The Balaban J connectivity index is 2.02. The monoisotopic (exact) mass is 325 g/mol. The summed E-state index contributed by atoms with van der Waals surface area (Å²) < 4.78 is 4.92. The van der Waals surface area contributed by atoms with Gasteiger partial charge in [-0.05, 0) is 18.6 Å². The number of carbonyl (C=O) groups excluding carboxylic acids is 3. The van der Waals surface area contributed by atoms with E-state index in [2.05, 4.69) is 15.9 Å². The molecular formula is C13H12BrNO4. The van der Waals surface area contributed by atoms with Crippen LogP contribution in [0.4, 0.5) is 0 Å². The van der Waals surface area contributed by atoms with Gasteiger partial charge in [0.05, 0.1) is 17.7 Å². The fraction of sp³-hybridized carbons (Fsp3) is 0.308. The Kier molecular flexibility index (Phi) is 4.31. The van der Waals surface area contributed by atoms with E-state index in [9.17, 15) is 14.4 Å². The van der Waals surface area contributed by atoms with Gasteiger partial charge in [-0.3, -0.25) is 19.3 Å². The second-order valence-corrected chi connectivity index (χ2v) is 4.80. The van der Waals surface area contributed by atoms with Gasteiger partial charge in [0.2, 0.25) is 0 Å². The number of rotatable bonds is 5. The summed E-state index contributed by atoms with van der Waals surface area (Å²) in [4.78, 5) is 36.4. The van der Waals surface area contributed by atoms with Gasteiger partial charge in [0.15, 0.2) is 0 Å². The van der Waals surface area contributed by atoms with E-state index >= 15 is 0 Å². The van der Waals surface area contributed by atoms with Gasteiger partial charge in [0.25, 0.3) is 11.8 Å². The van der Waals surface area contributed by atoms with Crippen molar-refractivity contribution in [2.75, 3.05) is 18.5 Å². The number of carbonyl (C=O) groups is 3. The number of hydrogen-bond acceptors (Lipinski definition) is 4. The quantitative estimate of drug-likeness (QED) is 0.357. The molecule has 1 heterocycles. The summed E-state index contributed by atoms with van der Waals surface area (Å²) in [6.07, 6.45) is 0.688. The maximum atomic E-state index is 12.0. The summed E-state index contributed by atoms with van der Waals surface area (Å²) in [5.41, 5.74) is 0.668. The van der Waals surface area contributed by atoms with Crippen LogP contribution in [0.15, 0.2) is 24.3 Å². The lowest BCUT2D eigenvalue weighted by Crippen LogP contribution is -2.35. The zero-order chi connectivity index (χ0) is 13.8. The molecule has 0 bridgehead atoms. The van der Waals surface area contributed by atoms with Gasteiger partial charge in [-0.25, -0.2) is 0 Å². The Labute approximate surface area is 118 Å². The molecule has 1 aliphatic rings. The fourth-order valence-electron chi connectivity index (χ4n) is 1.80. The van der Waals surface area contributed by atoms with Crippen molar-refractivity contribution in [1.82, 2.24) is 4.90 Å². The van der Waals surface area contributed by atoms with Crippen LogP contribution >= 0.6 is 15.9 Å². The number of esters is 1. The second-order valence-electron chi connectivity index (χ2n) is 4.01. The van der Waals surface area contributed by atoms with Crippen molar-refractivity contribution in [2.45, 2.75) is 6.42 Å². The number of amides is 2. The Morgan fingerprint density at radius 3 is 2.26 bits per heavy atom. The minimum Gasteiger partial charge on any atom is -0.464 e. The van der Waals surface area contributed by atoms with E-state index in [1.165, 1.54) is 0 Å². The summed E-state index contributed by atoms with van der Waals surface area (Å²) in [7, 11) is 0. The van der Waals surface area contributed by atoms with Crippen LogP contribution in [-0.2, 0) is 9.53 Å². The van der Waals surface area contributed by atoms with Crippen LogP contribution in [-0.4, -0.2) is 41.2 Å². The van der Waals surface area contributed by atoms with Crippen molar-refractivity contribution in [3.63, 3.8) is 0 Å². The molecule has 0 saturated carbocycles. The van der Waals surface area contributed by atoms with Gasteiger partial charge in [0.1, 0.15) is 6.54 Å². The fourth-order valence-corrected chi connectivity index (χ4v) is 2.03. The molecule has 0 fully saturated rings. The third-order valence-electron chi connectivity index (χ3n) is 2.71. The number of fused-ring (bicyclic) bond motifs is 1. The maximum absolute atomic E-state index is 12.0. The zero-order valence-electron chi connectivity index (χ0n) is 10.1. The Hall–Kier alpha value is -1.69. The van der Waals surface area contributed by atoms with E-state index < -0.39 is 17.8 Å². The van der Waals surface area contributed by atoms with Crippen LogP contribution in [0.1, 0.15) is 27.1 Å². The minimum atomic E-state index is -0.574. The Morgan fingerprint density at radius 1 is 1.16 bits per heavy atom. The van der Waals surface area contributed by atoms with Crippen LogP contribution in [0.25, 0.3) is 0 Å². The summed E-state index contributed by atoms with van der Waals surface area (Å²) in [5, 5.41) is 0.729. The number of halogens is 1. The van der Waals surface area contributed by atoms with Crippen LogP contribution in [0.5, 0.6) is 0 Å². The third-order valence-corrected chi connectivity index (χ3v) is 3.27. The molecule has 19 heavy (non-hydrogen) atoms. The molecule has 2 amide bonds. The van der Waals surface area contributed by atoms with Gasteiger partial charge in [-0.2, -0.15) is 0 Å². The van der Waals surface area contributed by atoms with Crippen molar-refractivity contribution >= 4 is 33.7 Å². The zero-order valence-corrected chi connectivity index (χ0v) is 11.7. The summed E-state index contributed by atoms with van der Waals surface area (Å²) in [6.45, 7) is -0.0676. The van der Waals surface area contributed by atoms with Crippen LogP contribution < -0.4 is 0 Å². The van der Waals surface area contributed by atoms with Crippen molar-refractivity contribution in [3.05, 3.63) is 35.4 Å². The van der Waals surface area contributed by atoms with Crippen LogP contribution in [0, 0.1) is 0 Å². The largest absolute Gasteiger partial charge is 0.464 e. The smallest absolute Gasteiger partial charge is 0.326 e. The molecule has 0 N–H and O–H groups in total. The molecule has 0 unspecified atom stereocenters. The normalized spacial score (nSPS) is 13.6. The maximum Gasteiger partial charge on any atom is 0.326 e. The van der Waals surface area contributed by atoms with Crippen molar-refractivity contribution in [1.29, 1.82) is 0 Å². The minimum absolute atomic E-state index is 0.271. The van der Waals surface area contributed by atoms with Gasteiger partial charge >= 0.3 is 5.97 Å². The molecule has 1 aromatic rings. The first-order valence-electron chi connectivity index (χ1n) is 5.82. The molecule has 0 saturated heterocycles. The van der Waals surface area contributed by atoms with Gasteiger partial charge in [-0.1, -0.05) is 28.1 Å². The Morgan fingerprint density at radius 2 is 1.74 bits per heavy atom. The molecule has 0 spiro atoms. The molecule has 6 heteroatoms. The molecule has 0 atom stereocenters. The predicted molar refractivity (Wildman–Crippen MR) is 71.2 cm³/mol. The highest BCUT2D eigenvalue weighted by Gasteiger charge is 2.36. The highest BCUT2D eigenvalue weighted by molar-refractivity contribution is 9.09. The number of nitrogens with zero attached hydrogens (tertiary/aromatic N) is 1. The number of ether oxygens (including phenoxy) is 1. The van der Waals surface area contributed by atoms with Gasteiger partial charge in [-0.15, -0.1) is 0 Å². The van der Waals surface area contributed by atoms with Gasteiger partial charge in [0, 0.05) is 5.33 Å². The summed E-state index contributed by atoms with van der Waals surface area (Å²) in [5.74, 6) is -1.47. The number of alkyl halides is 1. The van der Waals surface area contributed by atoms with Crippen molar-refractivity contribution in [2.24, 2.45) is 0 Å². The lowest BCUT2D eigenvalue weighted by atomic mass is 10.1. The van der Waals surface area contributed by atoms with Crippen molar-refractivity contribution in [3.8, 4) is 0 Å². The lowest BCUT2D eigenvalue weighted by Gasteiger charge is -2.12. The lowest BCUT2D eigenvalue weighted by molar-refractivity contribution is -0.143. The van der Waals surface area contributed by atoms with Crippen molar-refractivity contribution < 1.29 is 19.1 Å². The highest BCUT2D eigenvalue weighted by atomic mass is 79.9. The molecule has 1 aliphatic heterocycles. The van der Waals surface area contributed by atoms with E-state index in [4.69, 9.17) is 4.74 Å². The topological polar surface area (TPSA) is 63.7 Å². The first-order chi connectivity index (χ1) is 9.15. The molecular weight excluding hydrogens is 314 g/mol. The number of benzene rings is 1. The van der Waals surface area contributed by atoms with E-state index in [1.54, 1.807) is 24.3 Å². The van der Waals surface area contributed by atoms with E-state index in [0.717, 1.165) is 10.2 Å². The highest BCUT2D eigenvalue weighted by Crippen LogP contribution is 2.21. The molecule has 100 valence electrons. The summed E-state index contributed by atoms with van der Waals surface area (Å²) >= 11 is 3.22. The molecule has 5 nitrogen and oxygen atoms in total. The average molecular weight is 326 g/mol. The molecule has 1 aromatic carbocycles. The van der Waals surface area contributed by atoms with E-state index in [0.29, 0.717) is 17.5 Å². The molecule has 0 aliphatic carbocycles. The standard InChI is InChI=1S/C13H12BrNO4/c14-6-3-7-19-11(16)8-15-12(17)9-4-1-2-5-10(9)13(15)18/h1-2,4-5H,3,6-8H2. The predicted octanol–water partition coefficient (Wildman–Crippen LogP) is 1.61.